The highest BCUT2D eigenvalue weighted by atomic mass is 19.1. The molecule has 1 aliphatic rings. The van der Waals surface area contributed by atoms with E-state index in [1.807, 2.05) is 44.2 Å². The van der Waals surface area contributed by atoms with Gasteiger partial charge in [-0.05, 0) is 54.4 Å². The summed E-state index contributed by atoms with van der Waals surface area (Å²) in [5, 5.41) is 19.9. The van der Waals surface area contributed by atoms with Crippen LogP contribution < -0.4 is 10.1 Å². The lowest BCUT2D eigenvalue weighted by Crippen LogP contribution is -2.36. The number of carbonyl (C=O) groups is 2. The molecule has 0 radical (unpaired) electrons. The summed E-state index contributed by atoms with van der Waals surface area (Å²) in [7, 11) is 0. The number of halogens is 1. The van der Waals surface area contributed by atoms with Crippen molar-refractivity contribution in [2.24, 2.45) is 0 Å². The number of aryl methyl sites for hydroxylation is 1. The van der Waals surface area contributed by atoms with Crippen LogP contribution in [-0.2, 0) is 11.2 Å². The number of aromatic nitrogens is 2. The Balaban J connectivity index is 0.000000340. The number of aliphatic hydroxyl groups excluding tert-OH is 1. The zero-order chi connectivity index (χ0) is 30.5. The minimum atomic E-state index is -0.699. The molecule has 4 aromatic rings. The van der Waals surface area contributed by atoms with Crippen LogP contribution in [0.2, 0.25) is 0 Å². The van der Waals surface area contributed by atoms with E-state index < -0.39 is 12.1 Å². The van der Waals surface area contributed by atoms with Crippen LogP contribution in [0.1, 0.15) is 42.4 Å². The van der Waals surface area contributed by atoms with Crippen molar-refractivity contribution in [3.63, 3.8) is 0 Å². The number of hydrogen-bond donors (Lipinski definition) is 3. The number of hydrogen-bond acceptors (Lipinski definition) is 6. The van der Waals surface area contributed by atoms with E-state index in [-0.39, 0.29) is 24.9 Å². The third-order valence-electron chi connectivity index (χ3n) is 6.13. The molecule has 0 unspecified atom stereocenters. The molecular formula is C32H34FN5O4. The second-order valence-corrected chi connectivity index (χ2v) is 9.00. The first-order valence-electron chi connectivity index (χ1n) is 13.6. The van der Waals surface area contributed by atoms with Gasteiger partial charge >= 0.3 is 6.03 Å². The van der Waals surface area contributed by atoms with Gasteiger partial charge in [-0.25, -0.2) is 14.2 Å². The summed E-state index contributed by atoms with van der Waals surface area (Å²) in [6.07, 6.45) is 1.79. The number of aliphatic hydroxyl groups is 1. The molecule has 1 aliphatic heterocycles. The van der Waals surface area contributed by atoms with Crippen LogP contribution in [0.3, 0.4) is 0 Å². The van der Waals surface area contributed by atoms with Crippen molar-refractivity contribution in [3.8, 4) is 23.1 Å². The van der Waals surface area contributed by atoms with Gasteiger partial charge in [0.2, 0.25) is 0 Å². The lowest BCUT2D eigenvalue weighted by Gasteiger charge is -2.23. The molecule has 1 saturated heterocycles. The average molecular weight is 572 g/mol. The first-order chi connectivity index (χ1) is 20.4. The van der Waals surface area contributed by atoms with Gasteiger partial charge in [-0.2, -0.15) is 5.26 Å². The van der Waals surface area contributed by atoms with Gasteiger partial charge in [0.15, 0.2) is 0 Å². The number of nitriles is 1. The molecule has 3 N–H and O–H groups in total. The summed E-state index contributed by atoms with van der Waals surface area (Å²) in [5.74, 6) is 0.429. The Labute approximate surface area is 244 Å². The molecule has 3 amide bonds. The van der Waals surface area contributed by atoms with Crippen molar-refractivity contribution >= 4 is 11.9 Å². The zero-order valence-electron chi connectivity index (χ0n) is 23.8. The molecule has 218 valence electrons. The zero-order valence-corrected chi connectivity index (χ0v) is 23.8. The predicted molar refractivity (Wildman–Crippen MR) is 157 cm³/mol. The number of nitrogens with zero attached hydrogens (tertiary/aromatic N) is 3. The number of imide groups is 1. The Hall–Kier alpha value is -5.01. The van der Waals surface area contributed by atoms with E-state index in [0.29, 0.717) is 35.7 Å². The minimum absolute atomic E-state index is 0.0644. The number of amides is 3. The predicted octanol–water partition coefficient (Wildman–Crippen LogP) is 5.32. The van der Waals surface area contributed by atoms with Gasteiger partial charge in [-0.3, -0.25) is 9.69 Å². The van der Waals surface area contributed by atoms with E-state index in [1.54, 1.807) is 43.3 Å². The molecule has 10 heteroatoms. The van der Waals surface area contributed by atoms with Crippen LogP contribution in [0, 0.1) is 24.1 Å². The third-order valence-corrected chi connectivity index (χ3v) is 6.13. The Morgan fingerprint density at radius 2 is 1.81 bits per heavy atom. The van der Waals surface area contributed by atoms with E-state index >= 15 is 0 Å². The normalized spacial score (nSPS) is 12.7. The highest BCUT2D eigenvalue weighted by molar-refractivity contribution is 6.02. The maximum absolute atomic E-state index is 14.4. The molecule has 0 saturated carbocycles. The number of para-hydroxylation sites is 1. The van der Waals surface area contributed by atoms with Crippen LogP contribution in [0.15, 0.2) is 79.0 Å². The van der Waals surface area contributed by atoms with Crippen LogP contribution >= 0.6 is 0 Å². The molecule has 0 bridgehead atoms. The van der Waals surface area contributed by atoms with Gasteiger partial charge in [0.25, 0.3) is 5.91 Å². The second-order valence-electron chi connectivity index (χ2n) is 9.00. The van der Waals surface area contributed by atoms with Crippen LogP contribution in [0.4, 0.5) is 9.18 Å². The number of rotatable bonds is 8. The molecule has 2 heterocycles. The first kappa shape index (κ1) is 31.5. The molecule has 0 spiro atoms. The average Bonchev–Trinajstić information content (AvgIpc) is 3.63. The fraction of sp³-hybridized carbons (Fsp3) is 0.250. The van der Waals surface area contributed by atoms with Gasteiger partial charge in [0.05, 0.1) is 36.7 Å². The van der Waals surface area contributed by atoms with Crippen molar-refractivity contribution in [2.45, 2.75) is 33.2 Å². The molecule has 5 rings (SSSR count). The summed E-state index contributed by atoms with van der Waals surface area (Å²) in [6.45, 7) is 6.15. The monoisotopic (exact) mass is 571 g/mol. The summed E-state index contributed by atoms with van der Waals surface area (Å²) in [4.78, 5) is 33.2. The SMILES string of the molecule is CC.Cc1ccc(-c2cnc([C@H](Cc3ccc(C#N)cc3)N3C(=O)CNC3=O)[nH]2)c(F)c1.OCCOc1ccccc1. The Morgan fingerprint density at radius 3 is 2.40 bits per heavy atom. The summed E-state index contributed by atoms with van der Waals surface area (Å²) < 4.78 is 19.5. The molecule has 1 atom stereocenters. The van der Waals surface area contributed by atoms with E-state index in [9.17, 15) is 14.0 Å². The number of aromatic amines is 1. The molecule has 9 nitrogen and oxygen atoms in total. The largest absolute Gasteiger partial charge is 0.491 e. The number of urea groups is 1. The summed E-state index contributed by atoms with van der Waals surface area (Å²) in [5.41, 5.74) is 2.95. The highest BCUT2D eigenvalue weighted by Crippen LogP contribution is 2.29. The molecule has 1 aromatic heterocycles. The van der Waals surface area contributed by atoms with Crippen molar-refractivity contribution in [2.75, 3.05) is 19.8 Å². The van der Waals surface area contributed by atoms with E-state index in [4.69, 9.17) is 15.1 Å². The number of nitrogens with one attached hydrogen (secondary N) is 2. The van der Waals surface area contributed by atoms with E-state index in [0.717, 1.165) is 21.8 Å². The third kappa shape index (κ3) is 8.25. The molecule has 3 aromatic carbocycles. The van der Waals surface area contributed by atoms with Crippen molar-refractivity contribution in [1.82, 2.24) is 20.2 Å². The van der Waals surface area contributed by atoms with E-state index in [1.165, 1.54) is 12.3 Å². The number of carbonyl (C=O) groups excluding carboxylic acids is 2. The Kier molecular flexibility index (Phi) is 11.8. The fourth-order valence-electron chi connectivity index (χ4n) is 4.16. The lowest BCUT2D eigenvalue weighted by atomic mass is 10.0. The molecule has 0 aliphatic carbocycles. The Morgan fingerprint density at radius 1 is 1.10 bits per heavy atom. The van der Waals surface area contributed by atoms with Crippen molar-refractivity contribution in [3.05, 3.63) is 107 Å². The quantitative estimate of drug-likeness (QED) is 0.246. The smallest absolute Gasteiger partial charge is 0.325 e. The topological polar surface area (TPSA) is 131 Å². The van der Waals surface area contributed by atoms with Crippen molar-refractivity contribution < 1.29 is 23.8 Å². The molecule has 42 heavy (non-hydrogen) atoms. The number of benzene rings is 3. The highest BCUT2D eigenvalue weighted by Gasteiger charge is 2.37. The first-order valence-corrected chi connectivity index (χ1v) is 13.6. The van der Waals surface area contributed by atoms with E-state index in [2.05, 4.69) is 21.4 Å². The maximum atomic E-state index is 14.4. The van der Waals surface area contributed by atoms with Crippen molar-refractivity contribution in [1.29, 1.82) is 5.26 Å². The van der Waals surface area contributed by atoms with Crippen LogP contribution in [0.5, 0.6) is 5.75 Å². The van der Waals surface area contributed by atoms with Crippen LogP contribution in [0.25, 0.3) is 11.3 Å². The van der Waals surface area contributed by atoms with Gasteiger partial charge in [0, 0.05) is 12.0 Å². The maximum Gasteiger partial charge on any atom is 0.325 e. The molecule has 1 fully saturated rings. The second kappa shape index (κ2) is 15.7. The van der Waals surface area contributed by atoms with Gasteiger partial charge in [-0.15, -0.1) is 0 Å². The number of ether oxygens (including phenoxy) is 1. The van der Waals surface area contributed by atoms with Gasteiger partial charge in [0.1, 0.15) is 30.0 Å². The Bertz CT molecular complexity index is 1480. The summed E-state index contributed by atoms with van der Waals surface area (Å²) in [6, 6.07) is 22.1. The number of imidazole rings is 1. The lowest BCUT2D eigenvalue weighted by molar-refractivity contribution is -0.126. The fourth-order valence-corrected chi connectivity index (χ4v) is 4.16. The molecular weight excluding hydrogens is 537 g/mol. The summed E-state index contributed by atoms with van der Waals surface area (Å²) >= 11 is 0. The van der Waals surface area contributed by atoms with Crippen LogP contribution in [-0.4, -0.2) is 51.7 Å². The minimum Gasteiger partial charge on any atom is -0.491 e. The number of H-pyrrole nitrogens is 1. The van der Waals surface area contributed by atoms with Gasteiger partial charge in [-0.1, -0.05) is 50.2 Å². The van der Waals surface area contributed by atoms with Gasteiger partial charge < -0.3 is 20.1 Å². The standard InChI is InChI=1S/C22H18FN5O2.C8H10O2.C2H6/c1-13-2-7-16(17(23)8-13)18-11-25-21(27-18)19(28-20(29)12-26-22(28)30)9-14-3-5-15(10-24)6-4-14;9-6-7-10-8-4-2-1-3-5-8;1-2/h2-8,11,19H,9,12H2,1H3,(H,25,27)(H,26,30);1-5,9H,6-7H2;1-2H3/t19-;;/m0../s1.